The molecule has 0 aromatic heterocycles. The average molecular weight is 261 g/mol. The molecule has 1 aromatic carbocycles. The smallest absolute Gasteiger partial charge is 0.231 e. The topological polar surface area (TPSA) is 40.5 Å². The van der Waals surface area contributed by atoms with Gasteiger partial charge in [-0.05, 0) is 50.3 Å². The van der Waals surface area contributed by atoms with Crippen LogP contribution in [0.2, 0.25) is 0 Å². The Hall–Kier alpha value is -1.35. The molecule has 2 rings (SSSR count). The molecule has 0 radical (unpaired) electrons. The summed E-state index contributed by atoms with van der Waals surface area (Å²) in [7, 11) is 1.83. The Labute approximate surface area is 115 Å². The third kappa shape index (κ3) is 2.66. The van der Waals surface area contributed by atoms with Crippen LogP contribution in [0.15, 0.2) is 12.1 Å². The van der Waals surface area contributed by atoms with E-state index in [0.717, 1.165) is 12.8 Å². The molecule has 0 spiro atoms. The lowest BCUT2D eigenvalue weighted by molar-refractivity contribution is -0.137. The molecule has 1 amide bonds. The molecule has 1 saturated carbocycles. The highest BCUT2D eigenvalue weighted by Crippen LogP contribution is 2.46. The minimum Gasteiger partial charge on any atom is -0.395 e. The molecule has 104 valence electrons. The maximum absolute atomic E-state index is 12.3. The van der Waals surface area contributed by atoms with Gasteiger partial charge in [-0.25, -0.2) is 0 Å². The summed E-state index contributed by atoms with van der Waals surface area (Å²) in [5.41, 5.74) is 4.45. The minimum atomic E-state index is -0.471. The number of aliphatic hydroxyl groups excluding tert-OH is 1. The van der Waals surface area contributed by atoms with Gasteiger partial charge in [-0.3, -0.25) is 4.79 Å². The van der Waals surface area contributed by atoms with Gasteiger partial charge in [0.15, 0.2) is 0 Å². The number of nitrogens with zero attached hydrogens (tertiary/aromatic N) is 1. The molecule has 0 unspecified atom stereocenters. The predicted octanol–water partition coefficient (Wildman–Crippen LogP) is 2.34. The summed E-state index contributed by atoms with van der Waals surface area (Å²) in [6.45, 7) is 6.86. The van der Waals surface area contributed by atoms with Crippen LogP contribution >= 0.6 is 0 Å². The van der Waals surface area contributed by atoms with Crippen molar-refractivity contribution in [1.29, 1.82) is 0 Å². The molecule has 0 bridgehead atoms. The lowest BCUT2D eigenvalue weighted by atomic mass is 9.98. The van der Waals surface area contributed by atoms with Gasteiger partial charge in [0.2, 0.25) is 5.91 Å². The Morgan fingerprint density at radius 3 is 2.21 bits per heavy atom. The maximum Gasteiger partial charge on any atom is 0.231 e. The first-order valence-electron chi connectivity index (χ1n) is 6.83. The van der Waals surface area contributed by atoms with E-state index in [2.05, 4.69) is 32.9 Å². The van der Waals surface area contributed by atoms with E-state index < -0.39 is 5.41 Å². The number of carbonyl (C=O) groups is 1. The number of hydrogen-bond acceptors (Lipinski definition) is 2. The molecule has 1 aromatic rings. The zero-order chi connectivity index (χ0) is 14.2. The van der Waals surface area contributed by atoms with Crippen molar-refractivity contribution in [1.82, 2.24) is 4.90 Å². The number of rotatable bonds is 4. The zero-order valence-corrected chi connectivity index (χ0v) is 12.3. The van der Waals surface area contributed by atoms with E-state index in [4.69, 9.17) is 0 Å². The fraction of sp³-hybridized carbons (Fsp3) is 0.562. The molecule has 3 heteroatoms. The number of amides is 1. The van der Waals surface area contributed by atoms with Gasteiger partial charge < -0.3 is 10.0 Å². The van der Waals surface area contributed by atoms with Gasteiger partial charge in [0.1, 0.15) is 0 Å². The average Bonchev–Trinajstić information content (AvgIpc) is 3.13. The first-order chi connectivity index (χ1) is 8.89. The van der Waals surface area contributed by atoms with Crippen LogP contribution in [0.1, 0.15) is 35.1 Å². The van der Waals surface area contributed by atoms with E-state index >= 15 is 0 Å². The maximum atomic E-state index is 12.3. The van der Waals surface area contributed by atoms with Crippen LogP contribution in [-0.4, -0.2) is 29.6 Å². The zero-order valence-electron chi connectivity index (χ0n) is 12.3. The van der Waals surface area contributed by atoms with Gasteiger partial charge in [0.25, 0.3) is 0 Å². The summed E-state index contributed by atoms with van der Waals surface area (Å²) in [6.07, 6.45) is 1.64. The van der Waals surface area contributed by atoms with Gasteiger partial charge in [0.05, 0.1) is 12.0 Å². The van der Waals surface area contributed by atoms with Crippen molar-refractivity contribution in [2.24, 2.45) is 5.41 Å². The first-order valence-corrected chi connectivity index (χ1v) is 6.83. The van der Waals surface area contributed by atoms with Gasteiger partial charge in [0, 0.05) is 13.6 Å². The minimum absolute atomic E-state index is 0.0258. The van der Waals surface area contributed by atoms with Gasteiger partial charge in [-0.1, -0.05) is 17.7 Å². The van der Waals surface area contributed by atoms with Gasteiger partial charge in [-0.2, -0.15) is 0 Å². The standard InChI is InChI=1S/C16H23NO2/c1-11-7-12(2)14(13(3)8-11)9-17(4)15(19)16(10-18)5-6-16/h7-8,18H,5-6,9-10H2,1-4H3. The number of aliphatic hydroxyl groups is 1. The van der Waals surface area contributed by atoms with Crippen molar-refractivity contribution in [2.75, 3.05) is 13.7 Å². The van der Waals surface area contributed by atoms with Crippen LogP contribution in [-0.2, 0) is 11.3 Å². The van der Waals surface area contributed by atoms with E-state index in [9.17, 15) is 9.90 Å². The second kappa shape index (κ2) is 4.97. The van der Waals surface area contributed by atoms with Crippen LogP contribution in [0, 0.1) is 26.2 Å². The van der Waals surface area contributed by atoms with Crippen LogP contribution in [0.25, 0.3) is 0 Å². The summed E-state index contributed by atoms with van der Waals surface area (Å²) in [5.74, 6) is 0.0781. The fourth-order valence-corrected chi connectivity index (χ4v) is 2.76. The highest BCUT2D eigenvalue weighted by Gasteiger charge is 2.50. The molecule has 0 heterocycles. The lowest BCUT2D eigenvalue weighted by Crippen LogP contribution is -2.35. The Bertz CT molecular complexity index is 480. The molecule has 3 nitrogen and oxygen atoms in total. The Morgan fingerprint density at radius 1 is 1.26 bits per heavy atom. The van der Waals surface area contributed by atoms with Gasteiger partial charge >= 0.3 is 0 Å². The van der Waals surface area contributed by atoms with Crippen LogP contribution in [0.5, 0.6) is 0 Å². The van der Waals surface area contributed by atoms with Crippen molar-refractivity contribution in [3.05, 3.63) is 34.4 Å². The molecule has 1 aliphatic rings. The largest absolute Gasteiger partial charge is 0.395 e. The fourth-order valence-electron chi connectivity index (χ4n) is 2.76. The summed E-state index contributed by atoms with van der Waals surface area (Å²) in [5, 5.41) is 9.34. The second-order valence-corrected chi connectivity index (χ2v) is 5.98. The van der Waals surface area contributed by atoms with Crippen molar-refractivity contribution in [3.8, 4) is 0 Å². The highest BCUT2D eigenvalue weighted by atomic mass is 16.3. The quantitative estimate of drug-likeness (QED) is 0.903. The molecule has 1 fully saturated rings. The number of hydrogen-bond donors (Lipinski definition) is 1. The molecular weight excluding hydrogens is 238 g/mol. The van der Waals surface area contributed by atoms with Crippen molar-refractivity contribution in [3.63, 3.8) is 0 Å². The van der Waals surface area contributed by atoms with E-state index in [1.165, 1.54) is 22.3 Å². The number of benzene rings is 1. The number of carbonyl (C=O) groups excluding carboxylic acids is 1. The highest BCUT2D eigenvalue weighted by molar-refractivity contribution is 5.85. The summed E-state index contributed by atoms with van der Waals surface area (Å²) in [6, 6.07) is 4.30. The lowest BCUT2D eigenvalue weighted by Gasteiger charge is -2.24. The third-order valence-electron chi connectivity index (χ3n) is 4.19. The van der Waals surface area contributed by atoms with E-state index in [0.29, 0.717) is 6.54 Å². The molecule has 0 saturated heterocycles. The molecule has 0 atom stereocenters. The third-order valence-corrected chi connectivity index (χ3v) is 4.19. The van der Waals surface area contributed by atoms with Crippen LogP contribution < -0.4 is 0 Å². The monoisotopic (exact) mass is 261 g/mol. The Morgan fingerprint density at radius 2 is 1.79 bits per heavy atom. The molecule has 19 heavy (non-hydrogen) atoms. The van der Waals surface area contributed by atoms with Gasteiger partial charge in [-0.15, -0.1) is 0 Å². The SMILES string of the molecule is Cc1cc(C)c(CN(C)C(=O)C2(CO)CC2)c(C)c1. The molecular formula is C16H23NO2. The second-order valence-electron chi connectivity index (χ2n) is 5.98. The van der Waals surface area contributed by atoms with Crippen LogP contribution in [0.3, 0.4) is 0 Å². The number of aryl methyl sites for hydroxylation is 3. The first kappa shape index (κ1) is 14.1. The van der Waals surface area contributed by atoms with Crippen molar-refractivity contribution < 1.29 is 9.90 Å². The van der Waals surface area contributed by atoms with Crippen molar-refractivity contribution in [2.45, 2.75) is 40.2 Å². The van der Waals surface area contributed by atoms with E-state index in [1.54, 1.807) is 4.90 Å². The van der Waals surface area contributed by atoms with E-state index in [-0.39, 0.29) is 12.5 Å². The molecule has 1 aliphatic carbocycles. The Balaban J connectivity index is 2.15. The molecule has 1 N–H and O–H groups in total. The molecule has 0 aliphatic heterocycles. The Kier molecular flexibility index (Phi) is 3.68. The summed E-state index contributed by atoms with van der Waals surface area (Å²) < 4.78 is 0. The van der Waals surface area contributed by atoms with Crippen molar-refractivity contribution >= 4 is 5.91 Å². The normalized spacial score (nSPS) is 16.3. The van der Waals surface area contributed by atoms with Crippen LogP contribution in [0.4, 0.5) is 0 Å². The summed E-state index contributed by atoms with van der Waals surface area (Å²) >= 11 is 0. The predicted molar refractivity (Wildman–Crippen MR) is 75.9 cm³/mol. The summed E-state index contributed by atoms with van der Waals surface area (Å²) in [4.78, 5) is 14.1. The van der Waals surface area contributed by atoms with E-state index in [1.807, 2.05) is 7.05 Å².